The first-order valence-electron chi connectivity index (χ1n) is 8.93. The molecule has 7 nitrogen and oxygen atoms in total. The molecule has 30 heavy (non-hydrogen) atoms. The first kappa shape index (κ1) is 21.1. The van der Waals surface area contributed by atoms with Gasteiger partial charge in [-0.3, -0.25) is 4.79 Å². The fourth-order valence-corrected chi connectivity index (χ4v) is 3.15. The third-order valence-corrected chi connectivity index (χ3v) is 4.77. The smallest absolute Gasteiger partial charge is 0.283 e. The second-order valence-electron chi connectivity index (χ2n) is 6.95. The van der Waals surface area contributed by atoms with Crippen LogP contribution in [0.5, 0.6) is 0 Å². The SMILES string of the molecule is C[C@@H](F)[C@H]1OC(N)=N[C@](C)(c2cc(NC(=O)c3ccc(C#N)cn3)ccc2F)[C@H]1F. The lowest BCUT2D eigenvalue weighted by Crippen LogP contribution is -2.52. The fraction of sp³-hybridized carbons (Fsp3) is 0.300. The molecule has 2 heterocycles. The van der Waals surface area contributed by atoms with Crippen LogP contribution >= 0.6 is 0 Å². The summed E-state index contributed by atoms with van der Waals surface area (Å²) in [5.74, 6) is -1.43. The Labute approximate surface area is 170 Å². The lowest BCUT2D eigenvalue weighted by molar-refractivity contribution is -0.0230. The first-order valence-corrected chi connectivity index (χ1v) is 8.93. The molecule has 10 heteroatoms. The van der Waals surface area contributed by atoms with E-state index in [4.69, 9.17) is 15.7 Å². The molecule has 3 rings (SSSR count). The molecule has 1 aromatic heterocycles. The standard InChI is InChI=1S/C20H18F3N5O2/c1-10(21)16-17(23)20(2,28-19(25)30-16)13-7-12(4-5-14(13)22)27-18(29)15-6-3-11(8-24)9-26-15/h3-7,9-10,16-17H,1-2H3,(H2,25,28)(H,27,29)/t10-,16-,17+,20-/m1/s1. The molecule has 1 aliphatic rings. The third kappa shape index (κ3) is 3.91. The summed E-state index contributed by atoms with van der Waals surface area (Å²) < 4.78 is 48.5. The fourth-order valence-electron chi connectivity index (χ4n) is 3.15. The van der Waals surface area contributed by atoms with Crippen molar-refractivity contribution >= 4 is 17.6 Å². The maximum atomic E-state index is 15.1. The molecule has 3 N–H and O–H groups in total. The number of carbonyl (C=O) groups excluding carboxylic acids is 1. The van der Waals surface area contributed by atoms with Gasteiger partial charge in [0.1, 0.15) is 29.3 Å². The van der Waals surface area contributed by atoms with Crippen LogP contribution in [-0.4, -0.2) is 35.4 Å². The number of anilines is 1. The molecular formula is C20H18F3N5O2. The molecule has 0 saturated carbocycles. The zero-order chi connectivity index (χ0) is 22.1. The minimum Gasteiger partial charge on any atom is -0.456 e. The van der Waals surface area contributed by atoms with Crippen molar-refractivity contribution in [1.82, 2.24) is 4.98 Å². The minimum atomic E-state index is -2.04. The molecule has 0 aliphatic carbocycles. The van der Waals surface area contributed by atoms with Gasteiger partial charge in [0.2, 0.25) is 0 Å². The summed E-state index contributed by atoms with van der Waals surface area (Å²) >= 11 is 0. The minimum absolute atomic E-state index is 0.0223. The van der Waals surface area contributed by atoms with Crippen LogP contribution in [-0.2, 0) is 10.3 Å². The number of aliphatic imine (C=N–C) groups is 1. The van der Waals surface area contributed by atoms with Crippen LogP contribution in [0, 0.1) is 17.1 Å². The molecular weight excluding hydrogens is 399 g/mol. The molecule has 1 amide bonds. The van der Waals surface area contributed by atoms with Gasteiger partial charge in [0.25, 0.3) is 11.9 Å². The van der Waals surface area contributed by atoms with Gasteiger partial charge in [-0.2, -0.15) is 5.26 Å². The molecule has 156 valence electrons. The Bertz CT molecular complexity index is 1040. The summed E-state index contributed by atoms with van der Waals surface area (Å²) in [6.07, 6.45) is -4.09. The normalized spacial score (nSPS) is 24.2. The summed E-state index contributed by atoms with van der Waals surface area (Å²) in [4.78, 5) is 20.1. The van der Waals surface area contributed by atoms with E-state index in [9.17, 15) is 13.6 Å². The molecule has 0 unspecified atom stereocenters. The number of amides is 1. The lowest BCUT2D eigenvalue weighted by Gasteiger charge is -2.39. The van der Waals surface area contributed by atoms with Gasteiger partial charge in [-0.1, -0.05) is 0 Å². The Morgan fingerprint density at radius 3 is 2.73 bits per heavy atom. The number of benzene rings is 1. The number of nitrogens with two attached hydrogens (primary N) is 1. The Morgan fingerprint density at radius 2 is 2.13 bits per heavy atom. The first-order chi connectivity index (χ1) is 14.2. The van der Waals surface area contributed by atoms with Crippen LogP contribution in [0.3, 0.4) is 0 Å². The van der Waals surface area contributed by atoms with E-state index in [-0.39, 0.29) is 22.5 Å². The number of nitrogens with one attached hydrogen (secondary N) is 1. The van der Waals surface area contributed by atoms with E-state index < -0.39 is 41.7 Å². The Morgan fingerprint density at radius 1 is 1.40 bits per heavy atom. The number of carbonyl (C=O) groups is 1. The average Bonchev–Trinajstić information content (AvgIpc) is 2.71. The predicted octanol–water partition coefficient (Wildman–Crippen LogP) is 2.97. The van der Waals surface area contributed by atoms with Gasteiger partial charge in [0.15, 0.2) is 12.3 Å². The van der Waals surface area contributed by atoms with Gasteiger partial charge in [0.05, 0.1) is 5.56 Å². The van der Waals surface area contributed by atoms with Gasteiger partial charge >= 0.3 is 0 Å². The highest BCUT2D eigenvalue weighted by Crippen LogP contribution is 2.40. The molecule has 0 saturated heterocycles. The average molecular weight is 417 g/mol. The number of amidine groups is 1. The second-order valence-corrected chi connectivity index (χ2v) is 6.95. The predicted molar refractivity (Wildman–Crippen MR) is 103 cm³/mol. The molecule has 0 fully saturated rings. The summed E-state index contributed by atoms with van der Waals surface area (Å²) in [7, 11) is 0. The highest BCUT2D eigenvalue weighted by molar-refractivity contribution is 6.02. The number of hydrogen-bond donors (Lipinski definition) is 2. The summed E-state index contributed by atoms with van der Waals surface area (Å²) in [5.41, 5.74) is 3.93. The van der Waals surface area contributed by atoms with Gasteiger partial charge in [-0.15, -0.1) is 0 Å². The van der Waals surface area contributed by atoms with Crippen molar-refractivity contribution in [1.29, 1.82) is 5.26 Å². The van der Waals surface area contributed by atoms with E-state index in [1.54, 1.807) is 0 Å². The van der Waals surface area contributed by atoms with E-state index in [1.165, 1.54) is 37.4 Å². The number of pyridine rings is 1. The van der Waals surface area contributed by atoms with Gasteiger partial charge in [-0.05, 0) is 44.2 Å². The number of alkyl halides is 2. The molecule has 2 aromatic rings. The van der Waals surface area contributed by atoms with Crippen LogP contribution in [0.4, 0.5) is 18.9 Å². The van der Waals surface area contributed by atoms with E-state index in [2.05, 4.69) is 15.3 Å². The molecule has 0 radical (unpaired) electrons. The van der Waals surface area contributed by atoms with Crippen LogP contribution in [0.25, 0.3) is 0 Å². The van der Waals surface area contributed by atoms with E-state index in [1.807, 2.05) is 6.07 Å². The molecule has 0 bridgehead atoms. The van der Waals surface area contributed by atoms with Crippen LogP contribution in [0.2, 0.25) is 0 Å². The number of ether oxygens (including phenoxy) is 1. The van der Waals surface area contributed by atoms with Crippen molar-refractivity contribution in [2.45, 2.75) is 37.8 Å². The van der Waals surface area contributed by atoms with E-state index in [0.29, 0.717) is 0 Å². The molecule has 0 spiro atoms. The summed E-state index contributed by atoms with van der Waals surface area (Å²) in [6, 6.07) is 7.71. The molecule has 4 atom stereocenters. The maximum absolute atomic E-state index is 15.1. The Kier molecular flexibility index (Phi) is 5.64. The number of nitrogens with zero attached hydrogens (tertiary/aromatic N) is 3. The quantitative estimate of drug-likeness (QED) is 0.794. The van der Waals surface area contributed by atoms with Crippen molar-refractivity contribution < 1.29 is 22.7 Å². The van der Waals surface area contributed by atoms with Crippen LogP contribution < -0.4 is 11.1 Å². The topological polar surface area (TPSA) is 113 Å². The third-order valence-electron chi connectivity index (χ3n) is 4.77. The van der Waals surface area contributed by atoms with Crippen molar-refractivity contribution in [3.63, 3.8) is 0 Å². The number of aromatic nitrogens is 1. The number of nitriles is 1. The summed E-state index contributed by atoms with van der Waals surface area (Å²) in [5, 5.41) is 11.3. The lowest BCUT2D eigenvalue weighted by atomic mass is 9.83. The Balaban J connectivity index is 1.94. The van der Waals surface area contributed by atoms with Gasteiger partial charge < -0.3 is 15.8 Å². The number of rotatable bonds is 4. The van der Waals surface area contributed by atoms with Crippen molar-refractivity contribution in [3.05, 3.63) is 59.2 Å². The second kappa shape index (κ2) is 8.02. The molecule has 1 aromatic carbocycles. The van der Waals surface area contributed by atoms with Crippen molar-refractivity contribution in [3.8, 4) is 6.07 Å². The zero-order valence-corrected chi connectivity index (χ0v) is 16.1. The highest BCUT2D eigenvalue weighted by atomic mass is 19.1. The van der Waals surface area contributed by atoms with Crippen molar-refractivity contribution in [2.75, 3.05) is 5.32 Å². The van der Waals surface area contributed by atoms with Crippen LogP contribution in [0.15, 0.2) is 41.5 Å². The molecule has 1 aliphatic heterocycles. The van der Waals surface area contributed by atoms with Crippen molar-refractivity contribution in [2.24, 2.45) is 10.7 Å². The van der Waals surface area contributed by atoms with E-state index >= 15 is 4.39 Å². The maximum Gasteiger partial charge on any atom is 0.283 e. The van der Waals surface area contributed by atoms with Crippen LogP contribution in [0.1, 0.15) is 35.5 Å². The largest absolute Gasteiger partial charge is 0.456 e. The monoisotopic (exact) mass is 417 g/mol. The summed E-state index contributed by atoms with van der Waals surface area (Å²) in [6.45, 7) is 2.38. The van der Waals surface area contributed by atoms with Gasteiger partial charge in [0, 0.05) is 17.4 Å². The Hall–Kier alpha value is -3.61. The highest BCUT2D eigenvalue weighted by Gasteiger charge is 2.50. The van der Waals surface area contributed by atoms with E-state index in [0.717, 1.165) is 13.0 Å². The number of halogens is 3. The zero-order valence-electron chi connectivity index (χ0n) is 16.1. The number of hydrogen-bond acceptors (Lipinski definition) is 6. The van der Waals surface area contributed by atoms with Gasteiger partial charge in [-0.25, -0.2) is 23.1 Å².